The van der Waals surface area contributed by atoms with E-state index in [1.807, 2.05) is 6.20 Å². The van der Waals surface area contributed by atoms with Gasteiger partial charge in [0.25, 0.3) is 0 Å². The molecule has 2 unspecified atom stereocenters. The van der Waals surface area contributed by atoms with Crippen LogP contribution in [0.3, 0.4) is 0 Å². The van der Waals surface area contributed by atoms with Crippen LogP contribution in [0.4, 0.5) is 0 Å². The molecule has 1 heterocycles. The van der Waals surface area contributed by atoms with E-state index in [1.54, 1.807) is 0 Å². The molecule has 2 atom stereocenters. The fraction of sp³-hybridized carbons (Fsp3) is 0.160. The Hall–Kier alpha value is -3.17. The monoisotopic (exact) mass is 365 g/mol. The highest BCUT2D eigenvalue weighted by atomic mass is 15.1. The van der Waals surface area contributed by atoms with Crippen molar-refractivity contribution in [2.45, 2.75) is 23.9 Å². The minimum atomic E-state index is -0.502. The fourth-order valence-electron chi connectivity index (χ4n) is 4.34. The summed E-state index contributed by atoms with van der Waals surface area (Å²) < 4.78 is 2.34. The Bertz CT molecular complexity index is 958. The summed E-state index contributed by atoms with van der Waals surface area (Å²) in [7, 11) is 0. The van der Waals surface area contributed by atoms with Crippen LogP contribution in [0.15, 0.2) is 103 Å². The second-order valence-electron chi connectivity index (χ2n) is 7.47. The summed E-state index contributed by atoms with van der Waals surface area (Å²) in [5.41, 5.74) is 9.36. The summed E-state index contributed by atoms with van der Waals surface area (Å²) in [6.07, 6.45) is 5.00. The molecule has 1 fully saturated rings. The smallest absolute Gasteiger partial charge is 0.121 e. The second kappa shape index (κ2) is 6.77. The Morgan fingerprint density at radius 1 is 0.750 bits per heavy atom. The van der Waals surface area contributed by atoms with Crippen molar-refractivity contribution in [3.63, 3.8) is 0 Å². The van der Waals surface area contributed by atoms with Crippen LogP contribution >= 0.6 is 0 Å². The third-order valence-electron chi connectivity index (χ3n) is 5.78. The van der Waals surface area contributed by atoms with Gasteiger partial charge in [0.05, 0.1) is 0 Å². The summed E-state index contributed by atoms with van der Waals surface area (Å²) >= 11 is 0. The third-order valence-corrected chi connectivity index (χ3v) is 5.78. The number of nitrogens with two attached hydrogens (primary N) is 1. The van der Waals surface area contributed by atoms with Gasteiger partial charge in [-0.1, -0.05) is 91.0 Å². The lowest BCUT2D eigenvalue weighted by atomic mass is 9.76. The molecule has 0 bridgehead atoms. The van der Waals surface area contributed by atoms with Crippen molar-refractivity contribution >= 4 is 0 Å². The van der Waals surface area contributed by atoms with E-state index in [-0.39, 0.29) is 6.04 Å². The first-order chi connectivity index (χ1) is 13.8. The summed E-state index contributed by atoms with van der Waals surface area (Å²) in [4.78, 5) is 4.75. The molecule has 0 spiro atoms. The van der Waals surface area contributed by atoms with Gasteiger partial charge in [-0.25, -0.2) is 4.98 Å². The minimum Gasteiger partial charge on any atom is -0.327 e. The summed E-state index contributed by atoms with van der Waals surface area (Å²) in [5.74, 6) is 1.37. The van der Waals surface area contributed by atoms with E-state index < -0.39 is 5.54 Å². The van der Waals surface area contributed by atoms with Gasteiger partial charge in [0, 0.05) is 24.4 Å². The van der Waals surface area contributed by atoms with Crippen molar-refractivity contribution in [3.05, 3.63) is 126 Å². The predicted molar refractivity (Wildman–Crippen MR) is 112 cm³/mol. The van der Waals surface area contributed by atoms with Crippen LogP contribution in [-0.2, 0) is 5.54 Å². The van der Waals surface area contributed by atoms with Crippen molar-refractivity contribution < 1.29 is 0 Å². The lowest BCUT2D eigenvalue weighted by Crippen LogP contribution is -2.38. The van der Waals surface area contributed by atoms with Gasteiger partial charge in [0.1, 0.15) is 11.4 Å². The highest BCUT2D eigenvalue weighted by Gasteiger charge is 2.45. The lowest BCUT2D eigenvalue weighted by molar-refractivity contribution is 0.491. The Balaban J connectivity index is 1.88. The van der Waals surface area contributed by atoms with E-state index in [4.69, 9.17) is 10.7 Å². The molecular weight excluding hydrogens is 342 g/mol. The topological polar surface area (TPSA) is 43.8 Å². The summed E-state index contributed by atoms with van der Waals surface area (Å²) in [5, 5.41) is 0. The summed E-state index contributed by atoms with van der Waals surface area (Å²) in [6.45, 7) is 0. The number of nitrogens with zero attached hydrogens (tertiary/aromatic N) is 2. The molecule has 28 heavy (non-hydrogen) atoms. The number of aromatic nitrogens is 2. The highest BCUT2D eigenvalue weighted by Crippen LogP contribution is 2.46. The molecule has 1 aliphatic rings. The maximum absolute atomic E-state index is 6.23. The Kier molecular flexibility index (Phi) is 4.10. The van der Waals surface area contributed by atoms with Crippen LogP contribution in [-0.4, -0.2) is 15.6 Å². The van der Waals surface area contributed by atoms with Crippen LogP contribution in [0, 0.1) is 0 Å². The molecule has 4 aromatic rings. The normalized spacial score (nSPS) is 18.8. The molecule has 1 aliphatic carbocycles. The van der Waals surface area contributed by atoms with Crippen LogP contribution in [0.25, 0.3) is 0 Å². The van der Waals surface area contributed by atoms with Crippen molar-refractivity contribution in [2.75, 3.05) is 0 Å². The average molecular weight is 365 g/mol. The largest absolute Gasteiger partial charge is 0.327 e. The van der Waals surface area contributed by atoms with E-state index in [1.165, 1.54) is 16.7 Å². The van der Waals surface area contributed by atoms with E-state index in [0.29, 0.717) is 5.92 Å². The van der Waals surface area contributed by atoms with Crippen LogP contribution < -0.4 is 5.73 Å². The maximum atomic E-state index is 6.23. The molecule has 0 saturated heterocycles. The molecule has 1 aromatic heterocycles. The third kappa shape index (κ3) is 2.59. The highest BCUT2D eigenvalue weighted by molar-refractivity contribution is 5.51. The van der Waals surface area contributed by atoms with Crippen molar-refractivity contribution in [1.82, 2.24) is 9.55 Å². The van der Waals surface area contributed by atoms with Crippen LogP contribution in [0.1, 0.15) is 34.9 Å². The van der Waals surface area contributed by atoms with E-state index in [9.17, 15) is 0 Å². The number of imidazole rings is 1. The maximum Gasteiger partial charge on any atom is 0.121 e. The summed E-state index contributed by atoms with van der Waals surface area (Å²) in [6, 6.07) is 32.3. The molecule has 5 rings (SSSR count). The zero-order valence-electron chi connectivity index (χ0n) is 15.6. The minimum absolute atomic E-state index is 0.196. The standard InChI is InChI=1S/C25H23N3/c26-23-18-22(23)24-27-16-17-28(24)25(19-10-4-1-5-11-19,20-12-6-2-7-13-20)21-14-8-3-9-15-21/h1-17,22-23H,18,26H2. The van der Waals surface area contributed by atoms with E-state index >= 15 is 0 Å². The molecule has 3 heteroatoms. The molecular formula is C25H23N3. The zero-order chi connectivity index (χ0) is 19.0. The molecule has 3 nitrogen and oxygen atoms in total. The molecule has 0 radical (unpaired) electrons. The van der Waals surface area contributed by atoms with E-state index in [2.05, 4.69) is 102 Å². The van der Waals surface area contributed by atoms with Gasteiger partial charge in [0.2, 0.25) is 0 Å². The van der Waals surface area contributed by atoms with Crippen LogP contribution in [0.2, 0.25) is 0 Å². The average Bonchev–Trinajstić information content (AvgIpc) is 3.29. The Labute approximate surface area is 165 Å². The second-order valence-corrected chi connectivity index (χ2v) is 7.47. The molecule has 2 N–H and O–H groups in total. The van der Waals surface area contributed by atoms with Gasteiger partial charge in [-0.05, 0) is 23.1 Å². The Morgan fingerprint density at radius 2 is 1.18 bits per heavy atom. The van der Waals surface area contributed by atoms with Crippen molar-refractivity contribution in [1.29, 1.82) is 0 Å². The van der Waals surface area contributed by atoms with Gasteiger partial charge in [0.15, 0.2) is 0 Å². The van der Waals surface area contributed by atoms with Crippen molar-refractivity contribution in [2.24, 2.45) is 5.73 Å². The van der Waals surface area contributed by atoms with Crippen molar-refractivity contribution in [3.8, 4) is 0 Å². The molecule has 3 aromatic carbocycles. The first-order valence-corrected chi connectivity index (χ1v) is 9.77. The molecule has 0 amide bonds. The Morgan fingerprint density at radius 3 is 1.57 bits per heavy atom. The van der Waals surface area contributed by atoms with E-state index in [0.717, 1.165) is 12.2 Å². The molecule has 0 aliphatic heterocycles. The lowest BCUT2D eigenvalue weighted by Gasteiger charge is -2.38. The number of rotatable bonds is 5. The number of hydrogen-bond donors (Lipinski definition) is 1. The molecule has 138 valence electrons. The number of hydrogen-bond acceptors (Lipinski definition) is 2. The molecule has 1 saturated carbocycles. The first-order valence-electron chi connectivity index (χ1n) is 9.77. The van der Waals surface area contributed by atoms with Crippen LogP contribution in [0.5, 0.6) is 0 Å². The van der Waals surface area contributed by atoms with Gasteiger partial charge in [-0.15, -0.1) is 0 Å². The van der Waals surface area contributed by atoms with Gasteiger partial charge in [-0.3, -0.25) is 0 Å². The van der Waals surface area contributed by atoms with Gasteiger partial charge in [-0.2, -0.15) is 0 Å². The SMILES string of the molecule is NC1CC1c1nccn1C(c1ccccc1)(c1ccccc1)c1ccccc1. The fourth-order valence-corrected chi connectivity index (χ4v) is 4.34. The number of benzene rings is 3. The predicted octanol–water partition coefficient (Wildman–Crippen LogP) is 4.54. The van der Waals surface area contributed by atoms with Gasteiger partial charge >= 0.3 is 0 Å². The quantitative estimate of drug-likeness (QED) is 0.528. The van der Waals surface area contributed by atoms with Gasteiger partial charge < -0.3 is 10.3 Å². The first kappa shape index (κ1) is 17.0. The zero-order valence-corrected chi connectivity index (χ0v) is 15.6.